The van der Waals surface area contributed by atoms with Crippen molar-refractivity contribution in [2.24, 2.45) is 0 Å². The van der Waals surface area contributed by atoms with Gasteiger partial charge in [-0.1, -0.05) is 56.3 Å². The molecule has 0 aliphatic carbocycles. The van der Waals surface area contributed by atoms with Gasteiger partial charge in [-0.2, -0.15) is 0 Å². The Bertz CT molecular complexity index is 822. The van der Waals surface area contributed by atoms with Gasteiger partial charge in [0.2, 0.25) is 5.91 Å². The van der Waals surface area contributed by atoms with Crippen LogP contribution < -0.4 is 5.32 Å². The minimum absolute atomic E-state index is 0.0588. The van der Waals surface area contributed by atoms with Crippen LogP contribution in [0.5, 0.6) is 0 Å². The highest BCUT2D eigenvalue weighted by molar-refractivity contribution is 5.77. The maximum atomic E-state index is 12.4. The lowest BCUT2D eigenvalue weighted by Gasteiger charge is -2.30. The van der Waals surface area contributed by atoms with Gasteiger partial charge >= 0.3 is 0 Å². The number of carbonyl (C=O) groups excluding carboxylic acids is 1. The predicted molar refractivity (Wildman–Crippen MR) is 110 cm³/mol. The number of aryl methyl sites for hydroxylation is 1. The van der Waals surface area contributed by atoms with Crippen molar-refractivity contribution < 1.29 is 4.79 Å². The number of imidazole rings is 1. The van der Waals surface area contributed by atoms with E-state index in [9.17, 15) is 4.79 Å². The van der Waals surface area contributed by atoms with Crippen LogP contribution in [0.4, 0.5) is 0 Å². The number of H-pyrrole nitrogens is 1. The molecule has 1 heterocycles. The van der Waals surface area contributed by atoms with Crippen LogP contribution in [-0.4, -0.2) is 40.4 Å². The summed E-state index contributed by atoms with van der Waals surface area (Å²) in [5, 5.41) is 3.11. The van der Waals surface area contributed by atoms with Crippen molar-refractivity contribution in [3.05, 3.63) is 66.0 Å². The van der Waals surface area contributed by atoms with Gasteiger partial charge in [0.25, 0.3) is 0 Å². The van der Waals surface area contributed by atoms with Gasteiger partial charge in [0.1, 0.15) is 5.82 Å². The first kappa shape index (κ1) is 19.1. The van der Waals surface area contributed by atoms with Crippen LogP contribution in [0.15, 0.2) is 54.6 Å². The molecular weight excluding hydrogens is 336 g/mol. The summed E-state index contributed by atoms with van der Waals surface area (Å²) in [4.78, 5) is 22.6. The third-order valence-corrected chi connectivity index (χ3v) is 4.96. The Labute approximate surface area is 160 Å². The molecule has 142 valence electrons. The van der Waals surface area contributed by atoms with E-state index in [4.69, 9.17) is 0 Å². The summed E-state index contributed by atoms with van der Waals surface area (Å²) in [6.07, 6.45) is 1.04. The van der Waals surface area contributed by atoms with E-state index >= 15 is 0 Å². The minimum Gasteiger partial charge on any atom is -0.354 e. The van der Waals surface area contributed by atoms with Crippen LogP contribution in [0, 0.1) is 0 Å². The second-order valence-corrected chi connectivity index (χ2v) is 6.65. The molecule has 0 radical (unpaired) electrons. The van der Waals surface area contributed by atoms with Gasteiger partial charge < -0.3 is 10.3 Å². The summed E-state index contributed by atoms with van der Waals surface area (Å²) in [7, 11) is 0. The number of benzene rings is 2. The molecule has 2 N–H and O–H groups in total. The fourth-order valence-corrected chi connectivity index (χ4v) is 3.45. The molecule has 0 saturated heterocycles. The van der Waals surface area contributed by atoms with Gasteiger partial charge in [-0.15, -0.1) is 0 Å². The number of fused-ring (bicyclic) bond motifs is 1. The van der Waals surface area contributed by atoms with Crippen LogP contribution in [0.1, 0.15) is 37.7 Å². The summed E-state index contributed by atoms with van der Waals surface area (Å²) >= 11 is 0. The Morgan fingerprint density at radius 3 is 2.48 bits per heavy atom. The number of aromatic amines is 1. The van der Waals surface area contributed by atoms with E-state index in [-0.39, 0.29) is 11.9 Å². The molecule has 2 aromatic carbocycles. The maximum absolute atomic E-state index is 12.4. The normalized spacial score (nSPS) is 12.4. The average Bonchev–Trinajstić information content (AvgIpc) is 3.13. The van der Waals surface area contributed by atoms with Crippen molar-refractivity contribution in [1.29, 1.82) is 0 Å². The van der Waals surface area contributed by atoms with Crippen LogP contribution in [0.2, 0.25) is 0 Å². The smallest absolute Gasteiger partial charge is 0.220 e. The summed E-state index contributed by atoms with van der Waals surface area (Å²) in [5.74, 6) is 0.915. The Hall–Kier alpha value is -2.66. The van der Waals surface area contributed by atoms with Crippen LogP contribution >= 0.6 is 0 Å². The number of carbonyl (C=O) groups is 1. The van der Waals surface area contributed by atoms with Gasteiger partial charge in [-0.3, -0.25) is 9.69 Å². The first-order chi connectivity index (χ1) is 13.2. The van der Waals surface area contributed by atoms with E-state index < -0.39 is 0 Å². The Morgan fingerprint density at radius 1 is 1.07 bits per heavy atom. The standard InChI is InChI=1S/C22H28N4O/c1-3-26(4-2)20(17-10-6-5-7-11-17)16-23-22(27)15-14-21-24-18-12-8-9-13-19(18)25-21/h5-13,20H,3-4,14-16H2,1-2H3,(H,23,27)(H,24,25). The molecule has 1 aromatic heterocycles. The molecule has 0 saturated carbocycles. The molecule has 5 heteroatoms. The van der Waals surface area contributed by atoms with E-state index in [1.54, 1.807) is 0 Å². The maximum Gasteiger partial charge on any atom is 0.220 e. The lowest BCUT2D eigenvalue weighted by atomic mass is 10.0. The summed E-state index contributed by atoms with van der Waals surface area (Å²) in [6.45, 7) is 6.83. The number of hydrogen-bond donors (Lipinski definition) is 2. The molecule has 5 nitrogen and oxygen atoms in total. The fraction of sp³-hybridized carbons (Fsp3) is 0.364. The van der Waals surface area contributed by atoms with Crippen molar-refractivity contribution in [3.8, 4) is 0 Å². The van der Waals surface area contributed by atoms with Gasteiger partial charge in [0.15, 0.2) is 0 Å². The first-order valence-electron chi connectivity index (χ1n) is 9.70. The van der Waals surface area contributed by atoms with Gasteiger partial charge in [-0.05, 0) is 30.8 Å². The molecule has 0 spiro atoms. The number of likely N-dealkylation sites (N-methyl/N-ethyl adjacent to an activating group) is 1. The van der Waals surface area contributed by atoms with Crippen LogP contribution in [0.3, 0.4) is 0 Å². The number of nitrogens with zero attached hydrogens (tertiary/aromatic N) is 2. The Balaban J connectivity index is 1.57. The highest BCUT2D eigenvalue weighted by Crippen LogP contribution is 2.19. The molecule has 0 fully saturated rings. The Morgan fingerprint density at radius 2 is 1.78 bits per heavy atom. The van der Waals surface area contributed by atoms with E-state index in [0.29, 0.717) is 19.4 Å². The minimum atomic E-state index is 0.0588. The monoisotopic (exact) mass is 364 g/mol. The number of rotatable bonds is 9. The highest BCUT2D eigenvalue weighted by Gasteiger charge is 2.18. The number of hydrogen-bond acceptors (Lipinski definition) is 3. The van der Waals surface area contributed by atoms with Crippen LogP contribution in [0.25, 0.3) is 11.0 Å². The SMILES string of the molecule is CCN(CC)C(CNC(=O)CCc1nc2ccccc2[nH]1)c1ccccc1. The number of para-hydroxylation sites is 2. The first-order valence-corrected chi connectivity index (χ1v) is 9.70. The van der Waals surface area contributed by atoms with Crippen molar-refractivity contribution in [1.82, 2.24) is 20.2 Å². The lowest BCUT2D eigenvalue weighted by molar-refractivity contribution is -0.121. The van der Waals surface area contributed by atoms with Crippen molar-refractivity contribution in [3.63, 3.8) is 0 Å². The fourth-order valence-electron chi connectivity index (χ4n) is 3.45. The zero-order valence-corrected chi connectivity index (χ0v) is 16.1. The largest absolute Gasteiger partial charge is 0.354 e. The van der Waals surface area contributed by atoms with Crippen molar-refractivity contribution in [2.45, 2.75) is 32.7 Å². The molecule has 3 rings (SSSR count). The van der Waals surface area contributed by atoms with Crippen molar-refractivity contribution >= 4 is 16.9 Å². The van der Waals surface area contributed by atoms with Crippen molar-refractivity contribution in [2.75, 3.05) is 19.6 Å². The average molecular weight is 364 g/mol. The van der Waals surface area contributed by atoms with E-state index in [2.05, 4.69) is 58.3 Å². The molecule has 1 atom stereocenters. The second-order valence-electron chi connectivity index (χ2n) is 6.65. The zero-order valence-electron chi connectivity index (χ0n) is 16.1. The third-order valence-electron chi connectivity index (χ3n) is 4.96. The molecule has 1 unspecified atom stereocenters. The predicted octanol–water partition coefficient (Wildman–Crippen LogP) is 3.69. The summed E-state index contributed by atoms with van der Waals surface area (Å²) in [6, 6.07) is 18.5. The molecule has 27 heavy (non-hydrogen) atoms. The molecule has 0 aliphatic heterocycles. The summed E-state index contributed by atoms with van der Waals surface area (Å²) < 4.78 is 0. The quantitative estimate of drug-likeness (QED) is 0.609. The van der Waals surface area contributed by atoms with Gasteiger partial charge in [-0.25, -0.2) is 4.98 Å². The molecular formula is C22H28N4O. The van der Waals surface area contributed by atoms with Crippen LogP contribution in [-0.2, 0) is 11.2 Å². The third kappa shape index (κ3) is 4.95. The van der Waals surface area contributed by atoms with E-state index in [1.165, 1.54) is 5.56 Å². The number of amides is 1. The molecule has 3 aromatic rings. The Kier molecular flexibility index (Phi) is 6.60. The summed E-state index contributed by atoms with van der Waals surface area (Å²) in [5.41, 5.74) is 3.19. The van der Waals surface area contributed by atoms with E-state index in [0.717, 1.165) is 29.9 Å². The zero-order chi connectivity index (χ0) is 19.1. The molecule has 0 bridgehead atoms. The number of aromatic nitrogens is 2. The lowest BCUT2D eigenvalue weighted by Crippen LogP contribution is -2.38. The van der Waals surface area contributed by atoms with Gasteiger partial charge in [0.05, 0.1) is 17.1 Å². The topological polar surface area (TPSA) is 61.0 Å². The molecule has 0 aliphatic rings. The van der Waals surface area contributed by atoms with E-state index in [1.807, 2.05) is 30.3 Å². The second kappa shape index (κ2) is 9.33. The van der Waals surface area contributed by atoms with Gasteiger partial charge in [0, 0.05) is 19.4 Å². The molecule has 1 amide bonds. The number of nitrogens with one attached hydrogen (secondary N) is 2. The highest BCUT2D eigenvalue weighted by atomic mass is 16.1.